The summed E-state index contributed by atoms with van der Waals surface area (Å²) in [7, 11) is -9.10. The third-order valence-electron chi connectivity index (χ3n) is 16.5. The molecule has 8 unspecified atom stereocenters. The van der Waals surface area contributed by atoms with Gasteiger partial charge >= 0.3 is 56.9 Å². The Morgan fingerprint density at radius 1 is 0.337 bits per heavy atom. The molecule has 0 aromatic heterocycles. The summed E-state index contributed by atoms with van der Waals surface area (Å²) in [5, 5.41) is 104. The summed E-state index contributed by atoms with van der Waals surface area (Å²) >= 11 is 0. The van der Waals surface area contributed by atoms with Crippen molar-refractivity contribution >= 4 is 101 Å². The molecule has 98 heavy (non-hydrogen) atoms. The van der Waals surface area contributed by atoms with Crippen molar-refractivity contribution in [1.29, 1.82) is 0 Å². The van der Waals surface area contributed by atoms with Gasteiger partial charge in [-0.25, -0.2) is 0 Å². The predicted molar refractivity (Wildman–Crippen MR) is 382 cm³/mol. The molecule has 26 nitrogen and oxygen atoms in total. The molecule has 3 heterocycles. The van der Waals surface area contributed by atoms with Crippen LogP contribution in [0.15, 0.2) is 194 Å². The monoisotopic (exact) mass is 1340 g/mol. The van der Waals surface area contributed by atoms with Gasteiger partial charge in [-0.3, -0.25) is 0 Å². The second-order valence-corrected chi connectivity index (χ2v) is 22.7. The lowest BCUT2D eigenvalue weighted by Gasteiger charge is -2.34. The first kappa shape index (κ1) is 78.6. The van der Waals surface area contributed by atoms with Crippen LogP contribution in [0, 0.1) is 0 Å². The summed E-state index contributed by atoms with van der Waals surface area (Å²) < 4.78 is 41.0. The van der Waals surface area contributed by atoms with Gasteiger partial charge in [-0.15, -0.1) is 0 Å². The Kier molecular flexibility index (Phi) is 31.0. The van der Waals surface area contributed by atoms with Gasteiger partial charge in [0.15, 0.2) is 0 Å². The minimum absolute atomic E-state index is 0. The molecule has 0 bridgehead atoms. The summed E-state index contributed by atoms with van der Waals surface area (Å²) in [6, 6.07) is 56.3. The average molecular weight is 1340 g/mol. The lowest BCUT2D eigenvalue weighted by Crippen LogP contribution is -2.63. The van der Waals surface area contributed by atoms with E-state index >= 15 is 0 Å². The summed E-state index contributed by atoms with van der Waals surface area (Å²) in [5.74, 6) is 0. The molecule has 0 aliphatic carbocycles. The minimum atomic E-state index is -1.61. The van der Waals surface area contributed by atoms with Crippen LogP contribution in [-0.4, -0.2) is 166 Å². The van der Waals surface area contributed by atoms with Crippen molar-refractivity contribution in [3.8, 4) is 0 Å². The van der Waals surface area contributed by atoms with Crippen LogP contribution in [-0.2, 0) is 32.2 Å². The molecule has 8 aromatic carbocycles. The van der Waals surface area contributed by atoms with Gasteiger partial charge in [0.05, 0.1) is 48.8 Å². The van der Waals surface area contributed by atoms with Gasteiger partial charge < -0.3 is 134 Å². The van der Waals surface area contributed by atoms with Crippen LogP contribution < -0.4 is 89.6 Å². The maximum atomic E-state index is 11.0. The summed E-state index contributed by atoms with van der Waals surface area (Å²) in [6.07, 6.45) is -6.22. The normalized spacial score (nSPS) is 16.4. The molecule has 3 aliphatic heterocycles. The van der Waals surface area contributed by atoms with E-state index in [4.69, 9.17) is 78.0 Å². The molecule has 11 rings (SSSR count). The topological polar surface area (TPSA) is 507 Å². The predicted octanol–water partition coefficient (Wildman–Crippen LogP) is -6.64. The lowest BCUT2D eigenvalue weighted by molar-refractivity contribution is 0.186. The highest BCUT2D eigenvalue weighted by molar-refractivity contribution is 6.87. The zero-order chi connectivity index (χ0) is 69.7. The molecule has 28 N–H and O–H groups in total. The number of hydrogen-bond acceptors (Lipinski definition) is 25. The molecular weight excluding hydrogens is 1260 g/mol. The highest BCUT2D eigenvalue weighted by Gasteiger charge is 2.47. The van der Waals surface area contributed by atoms with Crippen LogP contribution in [0.3, 0.4) is 0 Å². The summed E-state index contributed by atoms with van der Waals surface area (Å²) in [6.45, 7) is 0.634. The zero-order valence-electron chi connectivity index (χ0n) is 53.8. The first-order chi connectivity index (χ1) is 46.9. The van der Waals surface area contributed by atoms with Crippen molar-refractivity contribution in [2.75, 3.05) is 52.4 Å². The number of aliphatic hydroxyl groups is 6. The molecular formula is C64H84B8N8O18. The van der Waals surface area contributed by atoms with E-state index in [1.54, 1.807) is 127 Å². The van der Waals surface area contributed by atoms with Crippen LogP contribution in [0.5, 0.6) is 0 Å². The number of aliphatic hydroxyl groups excluding tert-OH is 6. The van der Waals surface area contributed by atoms with Crippen LogP contribution in [0.2, 0.25) is 0 Å². The highest BCUT2D eigenvalue weighted by atomic mass is 16.7. The Labute approximate surface area is 572 Å². The quantitative estimate of drug-likeness (QED) is 0.0250. The fourth-order valence-corrected chi connectivity index (χ4v) is 11.4. The van der Waals surface area contributed by atoms with Crippen molar-refractivity contribution in [3.05, 3.63) is 239 Å². The van der Waals surface area contributed by atoms with Gasteiger partial charge in [0.2, 0.25) is 0 Å². The Bertz CT molecular complexity index is 3480. The standard InChI is InChI=1S/C24H32B3N3O7.C24H30B3N3O6.2C8H10BNO2.H2O/c28-13-22(31)16-7-1-4-10-19(16)25(34)36-27(21-12-6-3-9-18(21)24(33)15-30)37-26(35)20-11-5-2-8-17(20)23(32)14-29;28-13-22(31)16-7-1-4-10-19(16)25-34-26(20-11-5-2-8-17(20)23(32)14-29)36-27(35-25)21-12-6-3-9-18(21)24(33)15-30;2*10-5-8-6-3-1-2-4-7(6)9(11)12-8;/h1-12,22-24,31-35H,13-15,28-30H2;1-12,22-24,31-33H,13-15,28-30H2;2*1-4,8,11H,5,10H2;1H2. The molecule has 3 aliphatic rings. The number of fused-ring (bicyclic) bond motifs is 2. The Hall–Kier alpha value is -6.76. The Balaban J connectivity index is 0.000000204. The number of benzene rings is 8. The molecule has 8 atom stereocenters. The summed E-state index contributed by atoms with van der Waals surface area (Å²) in [4.78, 5) is 0. The molecule has 0 spiro atoms. The second-order valence-electron chi connectivity index (χ2n) is 22.7. The van der Waals surface area contributed by atoms with Gasteiger partial charge in [-0.05, 0) is 88.2 Å². The van der Waals surface area contributed by atoms with Crippen LogP contribution in [0.1, 0.15) is 93.3 Å². The zero-order valence-corrected chi connectivity index (χ0v) is 53.8. The van der Waals surface area contributed by atoms with Gasteiger partial charge in [-0.1, -0.05) is 194 Å². The number of nitrogens with two attached hydrogens (primary N) is 8. The maximum Gasteiger partial charge on any atom is 0.492 e. The maximum absolute atomic E-state index is 11.0. The van der Waals surface area contributed by atoms with Crippen molar-refractivity contribution in [1.82, 2.24) is 0 Å². The van der Waals surface area contributed by atoms with E-state index in [0.717, 1.165) is 22.1 Å². The van der Waals surface area contributed by atoms with E-state index in [1.807, 2.05) is 66.7 Å². The van der Waals surface area contributed by atoms with E-state index in [0.29, 0.717) is 68.3 Å². The number of hydrogen-bond donors (Lipinski definition) is 18. The molecule has 0 amide bonds. The molecule has 1 fully saturated rings. The molecule has 8 aromatic rings. The van der Waals surface area contributed by atoms with Gasteiger partial charge in [0.25, 0.3) is 0 Å². The van der Waals surface area contributed by atoms with Crippen LogP contribution in [0.25, 0.3) is 0 Å². The van der Waals surface area contributed by atoms with Crippen molar-refractivity contribution in [2.24, 2.45) is 45.9 Å². The Morgan fingerprint density at radius 2 is 0.571 bits per heavy atom. The van der Waals surface area contributed by atoms with Crippen molar-refractivity contribution < 1.29 is 88.4 Å². The van der Waals surface area contributed by atoms with Crippen LogP contribution >= 0.6 is 0 Å². The first-order valence-corrected chi connectivity index (χ1v) is 31.7. The smallest absolute Gasteiger partial charge is 0.445 e. The minimum Gasteiger partial charge on any atom is -0.445 e. The van der Waals surface area contributed by atoms with E-state index in [-0.39, 0.29) is 67.9 Å². The van der Waals surface area contributed by atoms with Gasteiger partial charge in [-0.2, -0.15) is 0 Å². The third-order valence-corrected chi connectivity index (χ3v) is 16.5. The Morgan fingerprint density at radius 3 is 0.867 bits per heavy atom. The SMILES string of the molecule is NCC(O)c1ccccc1B(O)OB(OB(O)c1ccccc1C(O)CN)c1ccccc1C(O)CN.NCC(O)c1ccccc1B1OB(c2ccccc2C(O)CN)OB(c2ccccc2C(O)CN)O1.NCC1OB(O)c2ccccc21.NCC1OB(O)c2ccccc21.O. The van der Waals surface area contributed by atoms with E-state index in [9.17, 15) is 50.7 Å². The van der Waals surface area contributed by atoms with Crippen molar-refractivity contribution in [2.45, 2.75) is 48.8 Å². The van der Waals surface area contributed by atoms with Gasteiger partial charge in [0, 0.05) is 52.4 Å². The first-order valence-electron chi connectivity index (χ1n) is 31.7. The molecule has 512 valence electrons. The molecule has 1 saturated heterocycles. The largest absolute Gasteiger partial charge is 0.492 e. The summed E-state index contributed by atoms with van der Waals surface area (Å²) in [5.41, 5.74) is 54.1. The van der Waals surface area contributed by atoms with E-state index in [2.05, 4.69) is 0 Å². The average Bonchev–Trinajstić information content (AvgIpc) is 1.02. The third kappa shape index (κ3) is 19.4. The van der Waals surface area contributed by atoms with E-state index < -0.39 is 93.6 Å². The second kappa shape index (κ2) is 38.7. The fraction of sp³-hybridized carbons (Fsp3) is 0.250. The van der Waals surface area contributed by atoms with Crippen LogP contribution in [0.4, 0.5) is 0 Å². The number of rotatable bonds is 24. The lowest BCUT2D eigenvalue weighted by atomic mass is 9.59. The van der Waals surface area contributed by atoms with Gasteiger partial charge in [0.1, 0.15) is 0 Å². The van der Waals surface area contributed by atoms with E-state index in [1.165, 1.54) is 0 Å². The molecule has 0 saturated carbocycles. The molecule has 0 radical (unpaired) electrons. The highest BCUT2D eigenvalue weighted by Crippen LogP contribution is 2.25. The fourth-order valence-electron chi connectivity index (χ4n) is 11.4. The van der Waals surface area contributed by atoms with Crippen molar-refractivity contribution in [3.63, 3.8) is 0 Å². The molecule has 34 heteroatoms.